The van der Waals surface area contributed by atoms with E-state index in [0.717, 1.165) is 11.1 Å². The molecule has 1 aliphatic heterocycles. The summed E-state index contributed by atoms with van der Waals surface area (Å²) in [6.07, 6.45) is 3.43. The van der Waals surface area contributed by atoms with E-state index in [9.17, 15) is 18.3 Å². The van der Waals surface area contributed by atoms with E-state index >= 15 is 0 Å². The third-order valence-electron chi connectivity index (χ3n) is 5.95. The van der Waals surface area contributed by atoms with Crippen LogP contribution in [0.1, 0.15) is 31.9 Å². The molecular weight excluding hydrogens is 440 g/mol. The second-order valence-electron chi connectivity index (χ2n) is 8.59. The van der Waals surface area contributed by atoms with E-state index in [1.54, 1.807) is 37.1 Å². The van der Waals surface area contributed by atoms with Crippen LogP contribution in [0.4, 0.5) is 0 Å². The molecule has 0 spiro atoms. The lowest BCUT2D eigenvalue weighted by Crippen LogP contribution is -2.50. The maximum Gasteiger partial charge on any atom is 0.247 e. The minimum Gasteiger partial charge on any atom is -0.487 e. The number of rotatable bonds is 6. The van der Waals surface area contributed by atoms with Gasteiger partial charge in [-0.3, -0.25) is 4.79 Å². The van der Waals surface area contributed by atoms with Gasteiger partial charge in [0.1, 0.15) is 16.7 Å². The van der Waals surface area contributed by atoms with Crippen LogP contribution in [0, 0.1) is 5.92 Å². The lowest BCUT2D eigenvalue weighted by molar-refractivity contribution is -0.129. The van der Waals surface area contributed by atoms with Gasteiger partial charge in [-0.05, 0) is 30.2 Å². The highest BCUT2D eigenvalue weighted by Crippen LogP contribution is 2.34. The van der Waals surface area contributed by atoms with Gasteiger partial charge in [0, 0.05) is 32.5 Å². The third kappa shape index (κ3) is 5.82. The van der Waals surface area contributed by atoms with Crippen LogP contribution in [0.25, 0.3) is 12.2 Å². The van der Waals surface area contributed by atoms with Crippen LogP contribution < -0.4 is 4.74 Å². The number of aliphatic hydroxyl groups is 1. The molecule has 33 heavy (non-hydrogen) atoms. The van der Waals surface area contributed by atoms with Crippen molar-refractivity contribution >= 4 is 28.1 Å². The van der Waals surface area contributed by atoms with Gasteiger partial charge >= 0.3 is 0 Å². The summed E-state index contributed by atoms with van der Waals surface area (Å²) in [5.41, 5.74) is 1.82. The lowest BCUT2D eigenvalue weighted by Gasteiger charge is -2.37. The molecule has 178 valence electrons. The molecule has 1 heterocycles. The number of aliphatic hydroxyl groups excluding tert-OH is 1. The number of ether oxygens (including phenoxy) is 1. The average Bonchev–Trinajstić information content (AvgIpc) is 2.79. The van der Waals surface area contributed by atoms with Crippen molar-refractivity contribution < 1.29 is 23.1 Å². The summed E-state index contributed by atoms with van der Waals surface area (Å²) in [5.74, 6) is -0.0677. The highest BCUT2D eigenvalue weighted by molar-refractivity contribution is 7.89. The first kappa shape index (κ1) is 25.0. The van der Waals surface area contributed by atoms with Crippen molar-refractivity contribution in [3.05, 3.63) is 59.7 Å². The van der Waals surface area contributed by atoms with Gasteiger partial charge in [-0.2, -0.15) is 4.31 Å². The topological polar surface area (TPSA) is 87.2 Å². The zero-order chi connectivity index (χ0) is 24.2. The number of fused-ring (bicyclic) bond motifs is 1. The minimum atomic E-state index is -3.90. The Morgan fingerprint density at radius 2 is 1.88 bits per heavy atom. The first-order chi connectivity index (χ1) is 15.6. The van der Waals surface area contributed by atoms with Crippen LogP contribution in [0.2, 0.25) is 0 Å². The fraction of sp³-hybridized carbons (Fsp3) is 0.400. The standard InChI is InChI=1S/C25H32N2O5S/c1-18-15-27(19(2)17-28)33(30,31)25-13-12-22(11-10-21-8-6-5-7-9-21)14-23(25)32-24(18)16-26(4)20(3)29/h5-14,18-19,24,28H,15-17H2,1-4H3/b11-10+/t18-,19+,24+/m0/s1. The fourth-order valence-corrected chi connectivity index (χ4v) is 5.54. The summed E-state index contributed by atoms with van der Waals surface area (Å²) >= 11 is 0. The Hall–Kier alpha value is -2.68. The predicted molar refractivity (Wildman–Crippen MR) is 129 cm³/mol. The summed E-state index contributed by atoms with van der Waals surface area (Å²) in [7, 11) is -2.20. The van der Waals surface area contributed by atoms with Crippen molar-refractivity contribution in [3.63, 3.8) is 0 Å². The van der Waals surface area contributed by atoms with E-state index in [1.807, 2.05) is 49.4 Å². The molecule has 1 N–H and O–H groups in total. The molecule has 0 fully saturated rings. The summed E-state index contributed by atoms with van der Waals surface area (Å²) < 4.78 is 34.6. The summed E-state index contributed by atoms with van der Waals surface area (Å²) in [6, 6.07) is 14.2. The Bertz CT molecular complexity index is 1100. The number of amides is 1. The molecule has 0 saturated carbocycles. The number of hydrogen-bond acceptors (Lipinski definition) is 5. The number of nitrogens with zero attached hydrogens (tertiary/aromatic N) is 2. The number of benzene rings is 2. The molecule has 1 aliphatic rings. The molecule has 0 radical (unpaired) electrons. The molecular formula is C25H32N2O5S. The average molecular weight is 473 g/mol. The van der Waals surface area contributed by atoms with Crippen LogP contribution >= 0.6 is 0 Å². The molecule has 0 unspecified atom stereocenters. The Morgan fingerprint density at radius 3 is 2.52 bits per heavy atom. The highest BCUT2D eigenvalue weighted by Gasteiger charge is 2.38. The van der Waals surface area contributed by atoms with Crippen molar-refractivity contribution in [1.29, 1.82) is 0 Å². The van der Waals surface area contributed by atoms with Crippen LogP contribution in [0.5, 0.6) is 5.75 Å². The van der Waals surface area contributed by atoms with Gasteiger partial charge in [0.15, 0.2) is 0 Å². The van der Waals surface area contributed by atoms with Crippen molar-refractivity contribution in [3.8, 4) is 5.75 Å². The van der Waals surface area contributed by atoms with E-state index in [1.165, 1.54) is 11.2 Å². The number of sulfonamides is 1. The Labute approximate surface area is 196 Å². The molecule has 3 atom stereocenters. The third-order valence-corrected chi connectivity index (χ3v) is 7.97. The highest BCUT2D eigenvalue weighted by atomic mass is 32.2. The zero-order valence-electron chi connectivity index (χ0n) is 19.5. The maximum absolute atomic E-state index is 13.5. The Kier molecular flexibility index (Phi) is 7.94. The largest absolute Gasteiger partial charge is 0.487 e. The van der Waals surface area contributed by atoms with E-state index in [0.29, 0.717) is 6.54 Å². The Balaban J connectivity index is 2.06. The summed E-state index contributed by atoms with van der Waals surface area (Å²) in [4.78, 5) is 13.5. The van der Waals surface area contributed by atoms with E-state index in [2.05, 4.69) is 0 Å². The van der Waals surface area contributed by atoms with Gasteiger partial charge in [0.05, 0.1) is 13.2 Å². The second-order valence-corrected chi connectivity index (χ2v) is 10.4. The fourth-order valence-electron chi connectivity index (χ4n) is 3.72. The SMILES string of the molecule is CC(=O)N(C)C[C@H]1Oc2cc(/C=C/c3ccccc3)ccc2S(=O)(=O)N([C@H](C)CO)C[C@@H]1C. The van der Waals surface area contributed by atoms with Crippen molar-refractivity contribution in [2.24, 2.45) is 5.92 Å². The van der Waals surface area contributed by atoms with Gasteiger partial charge in [0.2, 0.25) is 15.9 Å². The van der Waals surface area contributed by atoms with Crippen LogP contribution in [-0.4, -0.2) is 67.5 Å². The van der Waals surface area contributed by atoms with Gasteiger partial charge in [0.25, 0.3) is 0 Å². The number of hydrogen-bond donors (Lipinski definition) is 1. The molecule has 1 amide bonds. The maximum atomic E-state index is 13.5. The zero-order valence-corrected chi connectivity index (χ0v) is 20.3. The minimum absolute atomic E-state index is 0.0574. The smallest absolute Gasteiger partial charge is 0.247 e. The van der Waals surface area contributed by atoms with Crippen LogP contribution in [0.3, 0.4) is 0 Å². The van der Waals surface area contributed by atoms with Crippen LogP contribution in [-0.2, 0) is 14.8 Å². The van der Waals surface area contributed by atoms with Crippen molar-refractivity contribution in [2.75, 3.05) is 26.7 Å². The molecule has 0 bridgehead atoms. The van der Waals surface area contributed by atoms with Crippen molar-refractivity contribution in [1.82, 2.24) is 9.21 Å². The molecule has 8 heteroatoms. The van der Waals surface area contributed by atoms with E-state index in [-0.39, 0.29) is 35.6 Å². The van der Waals surface area contributed by atoms with E-state index in [4.69, 9.17) is 4.74 Å². The van der Waals surface area contributed by atoms with Gasteiger partial charge in [-0.15, -0.1) is 0 Å². The molecule has 0 saturated heterocycles. The first-order valence-electron chi connectivity index (χ1n) is 11.0. The number of carbonyl (C=O) groups excluding carboxylic acids is 1. The predicted octanol–water partition coefficient (Wildman–Crippen LogP) is 3.10. The molecule has 2 aromatic carbocycles. The van der Waals surface area contributed by atoms with Crippen LogP contribution in [0.15, 0.2) is 53.4 Å². The molecule has 2 aromatic rings. The molecule has 7 nitrogen and oxygen atoms in total. The normalized spacial score (nSPS) is 21.5. The second kappa shape index (κ2) is 10.5. The number of carbonyl (C=O) groups is 1. The first-order valence-corrected chi connectivity index (χ1v) is 12.5. The molecule has 3 rings (SSSR count). The summed E-state index contributed by atoms with van der Waals surface area (Å²) in [5, 5.41) is 9.72. The van der Waals surface area contributed by atoms with Gasteiger partial charge in [-0.1, -0.05) is 55.5 Å². The molecule has 0 aliphatic carbocycles. The molecule has 0 aromatic heterocycles. The lowest BCUT2D eigenvalue weighted by atomic mass is 10.0. The van der Waals surface area contributed by atoms with Gasteiger partial charge in [-0.25, -0.2) is 8.42 Å². The van der Waals surface area contributed by atoms with Gasteiger partial charge < -0.3 is 14.7 Å². The quantitative estimate of drug-likeness (QED) is 0.653. The van der Waals surface area contributed by atoms with E-state index < -0.39 is 22.2 Å². The summed E-state index contributed by atoms with van der Waals surface area (Å²) in [6.45, 7) is 5.27. The van der Waals surface area contributed by atoms with Crippen molar-refractivity contribution in [2.45, 2.75) is 37.8 Å². The Morgan fingerprint density at radius 1 is 1.21 bits per heavy atom. The monoisotopic (exact) mass is 472 g/mol. The number of likely N-dealkylation sites (N-methyl/N-ethyl adjacent to an activating group) is 1.